The summed E-state index contributed by atoms with van der Waals surface area (Å²) in [7, 11) is 0. The third kappa shape index (κ3) is 2.87. The molecule has 0 atom stereocenters. The van der Waals surface area contributed by atoms with Crippen molar-refractivity contribution in [1.82, 2.24) is 9.97 Å². The Kier molecular flexibility index (Phi) is 3.82. The first kappa shape index (κ1) is 14.3. The van der Waals surface area contributed by atoms with Gasteiger partial charge in [-0.05, 0) is 37.6 Å². The number of thioether (sulfide) groups is 1. The largest absolute Gasteiger partial charge is 0.383 e. The lowest BCUT2D eigenvalue weighted by Crippen LogP contribution is -1.99. The van der Waals surface area contributed by atoms with E-state index < -0.39 is 0 Å². The van der Waals surface area contributed by atoms with Crippen molar-refractivity contribution >= 4 is 39.1 Å². The molecule has 0 fully saturated rings. The predicted octanol–water partition coefficient (Wildman–Crippen LogP) is 4.32. The molecule has 0 bridgehead atoms. The lowest BCUT2D eigenvalue weighted by Gasteiger charge is -2.04. The van der Waals surface area contributed by atoms with Crippen molar-refractivity contribution in [2.75, 3.05) is 5.73 Å². The van der Waals surface area contributed by atoms with E-state index in [-0.39, 0.29) is 5.82 Å². The number of aryl methyl sites for hydroxylation is 2. The number of nitrogen functional groups attached to an aromatic ring is 1. The molecule has 0 spiro atoms. The van der Waals surface area contributed by atoms with Gasteiger partial charge in [-0.15, -0.1) is 23.1 Å². The van der Waals surface area contributed by atoms with E-state index in [9.17, 15) is 4.39 Å². The molecule has 0 saturated heterocycles. The molecular weight excluding hydrogens is 305 g/mol. The van der Waals surface area contributed by atoms with E-state index in [1.165, 1.54) is 28.8 Å². The molecular formula is C15H14FN3S2. The lowest BCUT2D eigenvalue weighted by molar-refractivity contribution is 0.624. The number of benzene rings is 1. The molecule has 3 rings (SSSR count). The van der Waals surface area contributed by atoms with Crippen molar-refractivity contribution in [1.29, 1.82) is 0 Å². The monoisotopic (exact) mass is 319 g/mol. The molecule has 2 N–H and O–H groups in total. The average Bonchev–Trinajstić information content (AvgIpc) is 2.72. The Morgan fingerprint density at radius 1 is 1.29 bits per heavy atom. The number of halogens is 1. The van der Waals surface area contributed by atoms with Gasteiger partial charge in [0, 0.05) is 9.77 Å². The van der Waals surface area contributed by atoms with Crippen LogP contribution in [-0.2, 0) is 5.75 Å². The van der Waals surface area contributed by atoms with E-state index in [1.807, 2.05) is 13.0 Å². The Morgan fingerprint density at radius 2 is 2.10 bits per heavy atom. The van der Waals surface area contributed by atoms with E-state index in [0.717, 1.165) is 20.7 Å². The molecule has 0 aliphatic rings. The molecule has 3 nitrogen and oxygen atoms in total. The summed E-state index contributed by atoms with van der Waals surface area (Å²) in [5.74, 6) is 1.53. The van der Waals surface area contributed by atoms with Crippen LogP contribution >= 0.6 is 23.1 Å². The average molecular weight is 319 g/mol. The van der Waals surface area contributed by atoms with E-state index in [4.69, 9.17) is 5.73 Å². The molecule has 3 aromatic rings. The highest BCUT2D eigenvalue weighted by Gasteiger charge is 2.12. The van der Waals surface area contributed by atoms with Crippen LogP contribution in [0.15, 0.2) is 29.2 Å². The number of hydrogen-bond donors (Lipinski definition) is 1. The topological polar surface area (TPSA) is 51.8 Å². The van der Waals surface area contributed by atoms with E-state index in [2.05, 4.69) is 16.9 Å². The van der Waals surface area contributed by atoms with Crippen molar-refractivity contribution in [2.24, 2.45) is 0 Å². The van der Waals surface area contributed by atoms with Gasteiger partial charge in [-0.2, -0.15) is 0 Å². The van der Waals surface area contributed by atoms with Gasteiger partial charge >= 0.3 is 0 Å². The van der Waals surface area contributed by atoms with Gasteiger partial charge in [-0.25, -0.2) is 14.4 Å². The maximum atomic E-state index is 13.1. The van der Waals surface area contributed by atoms with Gasteiger partial charge in [0.15, 0.2) is 0 Å². The van der Waals surface area contributed by atoms with Crippen molar-refractivity contribution < 1.29 is 4.39 Å². The number of fused-ring (bicyclic) bond motifs is 1. The number of anilines is 1. The van der Waals surface area contributed by atoms with Gasteiger partial charge in [0.1, 0.15) is 22.3 Å². The summed E-state index contributed by atoms with van der Waals surface area (Å²) in [6.07, 6.45) is 0. The lowest BCUT2D eigenvalue weighted by atomic mass is 10.2. The normalized spacial score (nSPS) is 11.2. The summed E-state index contributed by atoms with van der Waals surface area (Å²) in [6, 6.07) is 6.50. The first-order valence-corrected chi connectivity index (χ1v) is 8.25. The molecule has 108 valence electrons. The minimum atomic E-state index is -0.236. The molecule has 21 heavy (non-hydrogen) atoms. The fraction of sp³-hybridized carbons (Fsp3) is 0.200. The summed E-state index contributed by atoms with van der Waals surface area (Å²) < 4.78 is 13.1. The Hall–Kier alpha value is -1.66. The van der Waals surface area contributed by atoms with E-state index in [0.29, 0.717) is 17.4 Å². The van der Waals surface area contributed by atoms with E-state index in [1.54, 1.807) is 17.4 Å². The zero-order chi connectivity index (χ0) is 15.0. The highest BCUT2D eigenvalue weighted by atomic mass is 32.2. The van der Waals surface area contributed by atoms with Crippen LogP contribution in [0.4, 0.5) is 10.2 Å². The summed E-state index contributed by atoms with van der Waals surface area (Å²) in [4.78, 5) is 11.9. The number of thiophene rings is 1. The van der Waals surface area contributed by atoms with Crippen LogP contribution < -0.4 is 5.73 Å². The smallest absolute Gasteiger partial charge is 0.142 e. The van der Waals surface area contributed by atoms with Crippen molar-refractivity contribution in [3.8, 4) is 0 Å². The third-order valence-electron chi connectivity index (χ3n) is 3.27. The zero-order valence-electron chi connectivity index (χ0n) is 11.7. The van der Waals surface area contributed by atoms with Crippen LogP contribution in [0.2, 0.25) is 0 Å². The second kappa shape index (κ2) is 5.61. The number of hydrogen-bond acceptors (Lipinski definition) is 5. The molecule has 0 amide bonds. The quantitative estimate of drug-likeness (QED) is 0.730. The van der Waals surface area contributed by atoms with Gasteiger partial charge in [0.05, 0.1) is 11.1 Å². The Labute approximate surface area is 130 Å². The third-order valence-corrected chi connectivity index (χ3v) is 5.36. The molecule has 0 aliphatic heterocycles. The molecule has 0 unspecified atom stereocenters. The molecule has 0 aliphatic carbocycles. The summed E-state index contributed by atoms with van der Waals surface area (Å²) in [6.45, 7) is 4.09. The van der Waals surface area contributed by atoms with Gasteiger partial charge in [-0.3, -0.25) is 0 Å². The maximum absolute atomic E-state index is 13.1. The molecule has 0 saturated carbocycles. The van der Waals surface area contributed by atoms with Crippen LogP contribution in [-0.4, -0.2) is 9.97 Å². The highest BCUT2D eigenvalue weighted by Crippen LogP contribution is 2.32. The van der Waals surface area contributed by atoms with Gasteiger partial charge < -0.3 is 5.73 Å². The highest BCUT2D eigenvalue weighted by molar-refractivity contribution is 7.98. The first-order chi connectivity index (χ1) is 10.0. The Bertz CT molecular complexity index is 814. The fourth-order valence-corrected chi connectivity index (χ4v) is 3.95. The van der Waals surface area contributed by atoms with Gasteiger partial charge in [0.25, 0.3) is 0 Å². The second-order valence-electron chi connectivity index (χ2n) is 4.73. The zero-order valence-corrected chi connectivity index (χ0v) is 13.3. The molecule has 0 radical (unpaired) electrons. The van der Waals surface area contributed by atoms with Gasteiger partial charge in [-0.1, -0.05) is 6.07 Å². The fourth-order valence-electron chi connectivity index (χ4n) is 2.10. The Morgan fingerprint density at radius 3 is 2.86 bits per heavy atom. The van der Waals surface area contributed by atoms with Crippen molar-refractivity contribution in [3.63, 3.8) is 0 Å². The minimum Gasteiger partial charge on any atom is -0.383 e. The molecule has 2 aromatic heterocycles. The second-order valence-corrected chi connectivity index (χ2v) is 6.99. The van der Waals surface area contributed by atoms with Crippen LogP contribution in [0.1, 0.15) is 16.3 Å². The maximum Gasteiger partial charge on any atom is 0.142 e. The van der Waals surface area contributed by atoms with Crippen LogP contribution in [0, 0.1) is 19.7 Å². The summed E-state index contributed by atoms with van der Waals surface area (Å²) >= 11 is 3.13. The van der Waals surface area contributed by atoms with Crippen molar-refractivity contribution in [2.45, 2.75) is 24.5 Å². The first-order valence-electron chi connectivity index (χ1n) is 6.45. The minimum absolute atomic E-state index is 0.236. The van der Waals surface area contributed by atoms with Gasteiger partial charge in [0.2, 0.25) is 0 Å². The van der Waals surface area contributed by atoms with Crippen LogP contribution in [0.3, 0.4) is 0 Å². The number of nitrogens with two attached hydrogens (primary N) is 1. The molecule has 1 aromatic carbocycles. The number of nitrogens with zero attached hydrogens (tertiary/aromatic N) is 2. The number of rotatable bonds is 3. The number of aromatic nitrogens is 2. The van der Waals surface area contributed by atoms with Crippen LogP contribution in [0.5, 0.6) is 0 Å². The molecule has 2 heterocycles. The SMILES string of the molecule is Cc1sc2nc(CSc3cccc(F)c3)nc(N)c2c1C. The molecule has 6 heteroatoms. The van der Waals surface area contributed by atoms with Crippen LogP contribution in [0.25, 0.3) is 10.2 Å². The summed E-state index contributed by atoms with van der Waals surface area (Å²) in [5.41, 5.74) is 7.20. The standard InChI is InChI=1S/C15H14FN3S2/c1-8-9(2)21-15-13(8)14(17)18-12(19-15)7-20-11-5-3-4-10(16)6-11/h3-6H,7H2,1-2H3,(H2,17,18,19). The van der Waals surface area contributed by atoms with E-state index >= 15 is 0 Å². The van der Waals surface area contributed by atoms with Crippen molar-refractivity contribution in [3.05, 3.63) is 46.3 Å². The predicted molar refractivity (Wildman–Crippen MR) is 87.3 cm³/mol. The summed E-state index contributed by atoms with van der Waals surface area (Å²) in [5, 5.41) is 0.956. The Balaban J connectivity index is 1.88.